The Morgan fingerprint density at radius 1 is 1.12 bits per heavy atom. The average molecular weight is 411 g/mol. The van der Waals surface area contributed by atoms with E-state index < -0.39 is 9.84 Å². The van der Waals surface area contributed by atoms with Gasteiger partial charge in [0.25, 0.3) is 5.91 Å². The Balaban J connectivity index is 1.54. The predicted octanol–water partition coefficient (Wildman–Crippen LogP) is 3.54. The molecule has 0 unspecified atom stereocenters. The molecule has 0 bridgehead atoms. The molecular weight excluding hydrogens is 392 g/mol. The summed E-state index contributed by atoms with van der Waals surface area (Å²) in [6.07, 6.45) is 3.67. The quantitative estimate of drug-likeness (QED) is 0.681. The number of halogens is 1. The van der Waals surface area contributed by atoms with Crippen molar-refractivity contribution >= 4 is 39.1 Å². The zero-order chi connectivity index (χ0) is 18.6. The molecule has 0 radical (unpaired) electrons. The van der Waals surface area contributed by atoms with Gasteiger partial charge in [0.05, 0.1) is 21.2 Å². The van der Waals surface area contributed by atoms with E-state index in [1.165, 1.54) is 23.9 Å². The number of aromatic nitrogens is 1. The first-order chi connectivity index (χ1) is 12.5. The second kappa shape index (κ2) is 8.41. The lowest BCUT2D eigenvalue weighted by Gasteiger charge is -2.14. The fourth-order valence-electron chi connectivity index (χ4n) is 2.71. The Hall–Kier alpha value is -1.57. The van der Waals surface area contributed by atoms with Crippen LogP contribution in [0.25, 0.3) is 0 Å². The number of thioether (sulfide) groups is 1. The summed E-state index contributed by atoms with van der Waals surface area (Å²) in [5.74, 6) is 0.407. The molecule has 26 heavy (non-hydrogen) atoms. The Morgan fingerprint density at radius 2 is 1.81 bits per heavy atom. The summed E-state index contributed by atoms with van der Waals surface area (Å²) in [6, 6.07) is 9.68. The monoisotopic (exact) mass is 410 g/mol. The zero-order valence-electron chi connectivity index (χ0n) is 14.1. The fourth-order valence-corrected chi connectivity index (χ4v) is 5.33. The maximum atomic E-state index is 12.3. The Kier molecular flexibility index (Phi) is 6.21. The molecule has 0 atom stereocenters. The van der Waals surface area contributed by atoms with Crippen LogP contribution < -0.4 is 0 Å². The van der Waals surface area contributed by atoms with Gasteiger partial charge < -0.3 is 4.90 Å². The number of carbonyl (C=O) groups is 1. The number of benzene rings is 1. The summed E-state index contributed by atoms with van der Waals surface area (Å²) in [4.78, 5) is 18.7. The van der Waals surface area contributed by atoms with Crippen LogP contribution in [0.15, 0.2) is 52.5 Å². The summed E-state index contributed by atoms with van der Waals surface area (Å²) in [5.41, 5.74) is 0.574. The van der Waals surface area contributed by atoms with Gasteiger partial charge in [0.2, 0.25) is 0 Å². The Morgan fingerprint density at radius 3 is 2.42 bits per heavy atom. The van der Waals surface area contributed by atoms with Crippen LogP contribution in [0.2, 0.25) is 5.02 Å². The van der Waals surface area contributed by atoms with Crippen molar-refractivity contribution in [3.05, 3.63) is 53.2 Å². The fraction of sp³-hybridized carbons (Fsp3) is 0.333. The van der Waals surface area contributed by atoms with Crippen LogP contribution in [0.3, 0.4) is 0 Å². The topological polar surface area (TPSA) is 67.3 Å². The van der Waals surface area contributed by atoms with Crippen molar-refractivity contribution < 1.29 is 13.2 Å². The van der Waals surface area contributed by atoms with E-state index in [2.05, 4.69) is 4.98 Å². The van der Waals surface area contributed by atoms with Crippen molar-refractivity contribution in [3.8, 4) is 0 Å². The SMILES string of the molecule is O=C(c1ccc(SCCS(=O)(=O)c2ccc(Cl)cc2)nc1)N1CCCC1. The minimum atomic E-state index is -3.35. The number of amides is 1. The van der Waals surface area contributed by atoms with Crippen LogP contribution in [0.5, 0.6) is 0 Å². The van der Waals surface area contributed by atoms with Crippen LogP contribution in [0.4, 0.5) is 0 Å². The lowest BCUT2D eigenvalue weighted by Crippen LogP contribution is -2.27. The maximum absolute atomic E-state index is 12.3. The molecule has 1 aromatic carbocycles. The molecule has 5 nitrogen and oxygen atoms in total. The summed E-state index contributed by atoms with van der Waals surface area (Å²) in [7, 11) is -3.35. The van der Waals surface area contributed by atoms with Crippen LogP contribution in [-0.2, 0) is 9.84 Å². The molecular formula is C18H19ClN2O3S2. The first-order valence-corrected chi connectivity index (χ1v) is 11.3. The van der Waals surface area contributed by atoms with E-state index >= 15 is 0 Å². The molecule has 1 aromatic heterocycles. The minimum Gasteiger partial charge on any atom is -0.339 e. The molecule has 8 heteroatoms. The highest BCUT2D eigenvalue weighted by Gasteiger charge is 2.19. The van der Waals surface area contributed by atoms with Gasteiger partial charge in [0, 0.05) is 30.1 Å². The average Bonchev–Trinajstić information content (AvgIpc) is 3.17. The van der Waals surface area contributed by atoms with Crippen molar-refractivity contribution in [2.75, 3.05) is 24.6 Å². The van der Waals surface area contributed by atoms with Gasteiger partial charge in [-0.25, -0.2) is 13.4 Å². The van der Waals surface area contributed by atoms with Crippen molar-refractivity contribution in [1.29, 1.82) is 0 Å². The van der Waals surface area contributed by atoms with Crippen molar-refractivity contribution in [2.45, 2.75) is 22.8 Å². The highest BCUT2D eigenvalue weighted by molar-refractivity contribution is 8.00. The normalized spacial score (nSPS) is 14.6. The van der Waals surface area contributed by atoms with E-state index in [1.807, 2.05) is 4.90 Å². The van der Waals surface area contributed by atoms with E-state index in [0.717, 1.165) is 25.9 Å². The first kappa shape index (κ1) is 19.2. The number of rotatable bonds is 6. The second-order valence-corrected chi connectivity index (χ2v) is 9.67. The predicted molar refractivity (Wildman–Crippen MR) is 104 cm³/mol. The number of sulfone groups is 1. The molecule has 2 heterocycles. The third-order valence-electron chi connectivity index (χ3n) is 4.15. The van der Waals surface area contributed by atoms with E-state index in [0.29, 0.717) is 21.4 Å². The summed E-state index contributed by atoms with van der Waals surface area (Å²) in [6.45, 7) is 1.61. The Bertz CT molecular complexity index is 862. The summed E-state index contributed by atoms with van der Waals surface area (Å²) in [5, 5.41) is 1.21. The molecule has 0 aliphatic carbocycles. The molecule has 1 amide bonds. The van der Waals surface area contributed by atoms with Crippen LogP contribution in [-0.4, -0.2) is 48.8 Å². The highest BCUT2D eigenvalue weighted by atomic mass is 35.5. The van der Waals surface area contributed by atoms with E-state index in [1.54, 1.807) is 30.5 Å². The van der Waals surface area contributed by atoms with Crippen molar-refractivity contribution in [2.24, 2.45) is 0 Å². The number of pyridine rings is 1. The van der Waals surface area contributed by atoms with Gasteiger partial charge >= 0.3 is 0 Å². The summed E-state index contributed by atoms with van der Waals surface area (Å²) < 4.78 is 24.6. The molecule has 138 valence electrons. The molecule has 0 saturated carbocycles. The third-order valence-corrected chi connectivity index (χ3v) is 7.34. The lowest BCUT2D eigenvalue weighted by atomic mass is 10.2. The van der Waals surface area contributed by atoms with Crippen molar-refractivity contribution in [1.82, 2.24) is 9.88 Å². The number of hydrogen-bond donors (Lipinski definition) is 0. The standard InChI is InChI=1S/C18H19ClN2O3S2/c19-15-4-6-16(7-5-15)26(23,24)12-11-25-17-8-3-14(13-20-17)18(22)21-9-1-2-10-21/h3-8,13H,1-2,9-12H2. The van der Waals surface area contributed by atoms with Gasteiger partial charge in [-0.2, -0.15) is 0 Å². The highest BCUT2D eigenvalue weighted by Crippen LogP contribution is 2.20. The molecule has 2 aromatic rings. The number of carbonyl (C=O) groups excluding carboxylic acids is 1. The van der Waals surface area contributed by atoms with E-state index in [9.17, 15) is 13.2 Å². The smallest absolute Gasteiger partial charge is 0.255 e. The molecule has 1 fully saturated rings. The lowest BCUT2D eigenvalue weighted by molar-refractivity contribution is 0.0792. The van der Waals surface area contributed by atoms with E-state index in [4.69, 9.17) is 11.6 Å². The molecule has 3 rings (SSSR count). The van der Waals surface area contributed by atoms with Crippen molar-refractivity contribution in [3.63, 3.8) is 0 Å². The zero-order valence-corrected chi connectivity index (χ0v) is 16.5. The van der Waals surface area contributed by atoms with Gasteiger partial charge in [0.1, 0.15) is 0 Å². The first-order valence-electron chi connectivity index (χ1n) is 8.32. The molecule has 1 aliphatic heterocycles. The Labute approximate surface area is 162 Å². The molecule has 0 spiro atoms. The minimum absolute atomic E-state index is 0.00936. The largest absolute Gasteiger partial charge is 0.339 e. The van der Waals surface area contributed by atoms with Crippen LogP contribution in [0.1, 0.15) is 23.2 Å². The number of nitrogens with zero attached hydrogens (tertiary/aromatic N) is 2. The number of likely N-dealkylation sites (tertiary alicyclic amines) is 1. The van der Waals surface area contributed by atoms with Crippen LogP contribution in [0, 0.1) is 0 Å². The summed E-state index contributed by atoms with van der Waals surface area (Å²) >= 11 is 7.14. The number of hydrogen-bond acceptors (Lipinski definition) is 5. The molecule has 1 saturated heterocycles. The van der Waals surface area contributed by atoms with E-state index in [-0.39, 0.29) is 16.6 Å². The molecule has 0 N–H and O–H groups in total. The second-order valence-electron chi connectivity index (χ2n) is 6.01. The van der Waals surface area contributed by atoms with Gasteiger partial charge in [0.15, 0.2) is 9.84 Å². The third kappa shape index (κ3) is 4.78. The van der Waals surface area contributed by atoms with Gasteiger partial charge in [-0.15, -0.1) is 11.8 Å². The van der Waals surface area contributed by atoms with Gasteiger partial charge in [-0.05, 0) is 49.2 Å². The van der Waals surface area contributed by atoms with Gasteiger partial charge in [-0.3, -0.25) is 4.79 Å². The van der Waals surface area contributed by atoms with Gasteiger partial charge in [-0.1, -0.05) is 11.6 Å². The molecule has 1 aliphatic rings. The maximum Gasteiger partial charge on any atom is 0.255 e. The van der Waals surface area contributed by atoms with Crippen LogP contribution >= 0.6 is 23.4 Å².